The number of aromatic amines is 1. The number of allylic oxidation sites excluding steroid dienone is 1. The van der Waals surface area contributed by atoms with E-state index in [1.807, 2.05) is 6.07 Å². The minimum atomic E-state index is -2.79. The fourth-order valence-electron chi connectivity index (χ4n) is 4.06. The van der Waals surface area contributed by atoms with Crippen LogP contribution in [0, 0.1) is 5.41 Å². The minimum Gasteiger partial charge on any atom is -0.349 e. The van der Waals surface area contributed by atoms with Gasteiger partial charge in [0.15, 0.2) is 0 Å². The number of rotatable bonds is 5. The number of halogens is 2. The molecule has 0 amide bonds. The highest BCUT2D eigenvalue weighted by Crippen LogP contribution is 2.36. The van der Waals surface area contributed by atoms with Gasteiger partial charge in [-0.3, -0.25) is 5.41 Å². The standard InChI is InChI=1S/C19H23F2N7/c20-18(21)13(22)3-4-16-24-10-15(27-16)14-9-17(26-12-25-14)28-8-2-1-5-19(28)6-7-23-11-19/h3-4,9-10,12,18,22-23H,1-2,5-8,11H2,(H,24,27)/b4-3-,22-13?. The van der Waals surface area contributed by atoms with E-state index < -0.39 is 12.1 Å². The summed E-state index contributed by atoms with van der Waals surface area (Å²) in [6.07, 6.45) is 7.44. The van der Waals surface area contributed by atoms with E-state index in [0.29, 0.717) is 17.2 Å². The van der Waals surface area contributed by atoms with Gasteiger partial charge in [0.2, 0.25) is 0 Å². The van der Waals surface area contributed by atoms with Crippen molar-refractivity contribution in [3.8, 4) is 11.4 Å². The summed E-state index contributed by atoms with van der Waals surface area (Å²) in [5.41, 5.74) is 0.764. The highest BCUT2D eigenvalue weighted by atomic mass is 19.3. The molecule has 2 aromatic rings. The lowest BCUT2D eigenvalue weighted by Gasteiger charge is -2.45. The molecule has 2 aliphatic rings. The van der Waals surface area contributed by atoms with Crippen molar-refractivity contribution in [3.63, 3.8) is 0 Å². The molecule has 0 aromatic carbocycles. The van der Waals surface area contributed by atoms with Gasteiger partial charge in [-0.05, 0) is 44.4 Å². The van der Waals surface area contributed by atoms with E-state index >= 15 is 0 Å². The molecular weight excluding hydrogens is 364 g/mol. The molecule has 2 saturated heterocycles. The summed E-state index contributed by atoms with van der Waals surface area (Å²) in [5, 5.41) is 10.7. The van der Waals surface area contributed by atoms with Crippen molar-refractivity contribution in [1.29, 1.82) is 5.41 Å². The van der Waals surface area contributed by atoms with Crippen LogP contribution < -0.4 is 10.2 Å². The Morgan fingerprint density at radius 2 is 2.14 bits per heavy atom. The van der Waals surface area contributed by atoms with Crippen molar-refractivity contribution in [2.24, 2.45) is 0 Å². The fourth-order valence-corrected chi connectivity index (χ4v) is 4.06. The van der Waals surface area contributed by atoms with Crippen LogP contribution in [0.15, 0.2) is 24.7 Å². The minimum absolute atomic E-state index is 0.126. The number of aromatic nitrogens is 4. The number of alkyl halides is 2. The average molecular weight is 387 g/mol. The maximum Gasteiger partial charge on any atom is 0.279 e. The highest BCUT2D eigenvalue weighted by molar-refractivity contribution is 5.97. The molecule has 7 nitrogen and oxygen atoms in total. The van der Waals surface area contributed by atoms with Gasteiger partial charge in [-0.25, -0.2) is 23.7 Å². The molecule has 0 radical (unpaired) electrons. The maximum absolute atomic E-state index is 12.4. The molecule has 4 heterocycles. The molecule has 2 aromatic heterocycles. The Balaban J connectivity index is 1.57. The third-order valence-corrected chi connectivity index (χ3v) is 5.52. The number of anilines is 1. The molecule has 28 heavy (non-hydrogen) atoms. The van der Waals surface area contributed by atoms with E-state index in [0.717, 1.165) is 50.8 Å². The van der Waals surface area contributed by atoms with E-state index in [1.165, 1.54) is 12.5 Å². The van der Waals surface area contributed by atoms with E-state index in [2.05, 4.69) is 30.2 Å². The molecule has 1 atom stereocenters. The SMILES string of the molecule is N=C(/C=C\c1ncc(-c2cc(N3CCCCC34CCNC4)ncn2)[nH]1)C(F)F. The first-order valence-corrected chi connectivity index (χ1v) is 9.48. The molecule has 1 unspecified atom stereocenters. The lowest BCUT2D eigenvalue weighted by molar-refractivity contribution is 0.226. The van der Waals surface area contributed by atoms with Crippen molar-refractivity contribution in [3.05, 3.63) is 30.5 Å². The maximum atomic E-state index is 12.4. The van der Waals surface area contributed by atoms with Gasteiger partial charge in [0.05, 0.1) is 28.8 Å². The number of nitrogens with zero attached hydrogens (tertiary/aromatic N) is 4. The number of hydrogen-bond donors (Lipinski definition) is 3. The van der Waals surface area contributed by atoms with Crippen LogP contribution in [0.3, 0.4) is 0 Å². The van der Waals surface area contributed by atoms with Crippen LogP contribution in [-0.2, 0) is 0 Å². The molecular formula is C19H23F2N7. The lowest BCUT2D eigenvalue weighted by Crippen LogP contribution is -2.54. The normalized spacial score (nSPS) is 22.6. The summed E-state index contributed by atoms with van der Waals surface area (Å²) in [4.78, 5) is 18.5. The zero-order valence-corrected chi connectivity index (χ0v) is 15.5. The lowest BCUT2D eigenvalue weighted by atomic mass is 9.85. The van der Waals surface area contributed by atoms with E-state index in [1.54, 1.807) is 12.5 Å². The Morgan fingerprint density at radius 1 is 1.25 bits per heavy atom. The summed E-state index contributed by atoms with van der Waals surface area (Å²) in [6.45, 7) is 2.98. The van der Waals surface area contributed by atoms with Crippen molar-refractivity contribution in [2.45, 2.75) is 37.6 Å². The Labute approximate surface area is 161 Å². The van der Waals surface area contributed by atoms with Crippen LogP contribution >= 0.6 is 0 Å². The third kappa shape index (κ3) is 3.66. The van der Waals surface area contributed by atoms with Gasteiger partial charge >= 0.3 is 0 Å². The molecule has 148 valence electrons. The fraction of sp³-hybridized carbons (Fsp3) is 0.474. The molecule has 0 bridgehead atoms. The van der Waals surface area contributed by atoms with Gasteiger partial charge in [-0.15, -0.1) is 0 Å². The molecule has 0 saturated carbocycles. The summed E-state index contributed by atoms with van der Waals surface area (Å²) in [6, 6.07) is 1.95. The Hall–Kier alpha value is -2.68. The number of hydrogen-bond acceptors (Lipinski definition) is 6. The summed E-state index contributed by atoms with van der Waals surface area (Å²) >= 11 is 0. The summed E-state index contributed by atoms with van der Waals surface area (Å²) < 4.78 is 24.8. The number of nitrogens with one attached hydrogen (secondary N) is 3. The second-order valence-electron chi connectivity index (χ2n) is 7.29. The molecule has 9 heteroatoms. The van der Waals surface area contributed by atoms with Crippen molar-refractivity contribution in [1.82, 2.24) is 25.3 Å². The number of piperidine rings is 1. The second-order valence-corrected chi connectivity index (χ2v) is 7.29. The zero-order chi connectivity index (χ0) is 19.6. The molecule has 0 aliphatic carbocycles. The summed E-state index contributed by atoms with van der Waals surface area (Å²) in [5.74, 6) is 1.30. The van der Waals surface area contributed by atoms with Gasteiger partial charge in [-0.1, -0.05) is 0 Å². The Morgan fingerprint density at radius 3 is 2.93 bits per heavy atom. The van der Waals surface area contributed by atoms with Gasteiger partial charge in [0, 0.05) is 19.2 Å². The van der Waals surface area contributed by atoms with Gasteiger partial charge in [0.1, 0.15) is 18.0 Å². The number of imidazole rings is 1. The Kier molecular flexibility index (Phi) is 5.17. The average Bonchev–Trinajstić information content (AvgIpc) is 3.37. The highest BCUT2D eigenvalue weighted by Gasteiger charge is 2.41. The quantitative estimate of drug-likeness (QED) is 0.686. The van der Waals surface area contributed by atoms with Crippen LogP contribution in [0.2, 0.25) is 0 Å². The van der Waals surface area contributed by atoms with Gasteiger partial charge < -0.3 is 15.2 Å². The van der Waals surface area contributed by atoms with Crippen molar-refractivity contribution >= 4 is 17.6 Å². The smallest absolute Gasteiger partial charge is 0.279 e. The number of H-pyrrole nitrogens is 1. The zero-order valence-electron chi connectivity index (χ0n) is 15.5. The molecule has 1 spiro atoms. The molecule has 2 aliphatic heterocycles. The monoisotopic (exact) mass is 387 g/mol. The van der Waals surface area contributed by atoms with Crippen molar-refractivity contribution < 1.29 is 8.78 Å². The first-order valence-electron chi connectivity index (χ1n) is 9.48. The van der Waals surface area contributed by atoms with Crippen LogP contribution in [0.5, 0.6) is 0 Å². The van der Waals surface area contributed by atoms with Gasteiger partial charge in [0.25, 0.3) is 6.43 Å². The first-order chi connectivity index (χ1) is 13.6. The van der Waals surface area contributed by atoms with E-state index in [9.17, 15) is 8.78 Å². The van der Waals surface area contributed by atoms with Crippen LogP contribution in [0.25, 0.3) is 17.5 Å². The second kappa shape index (κ2) is 7.75. The molecule has 4 rings (SSSR count). The van der Waals surface area contributed by atoms with Crippen molar-refractivity contribution in [2.75, 3.05) is 24.5 Å². The first kappa shape index (κ1) is 18.7. The molecule has 3 N–H and O–H groups in total. The van der Waals surface area contributed by atoms with E-state index in [4.69, 9.17) is 5.41 Å². The topological polar surface area (TPSA) is 93.6 Å². The van der Waals surface area contributed by atoms with Gasteiger partial charge in [-0.2, -0.15) is 0 Å². The Bertz CT molecular complexity index is 871. The van der Waals surface area contributed by atoms with E-state index in [-0.39, 0.29) is 5.54 Å². The predicted molar refractivity (Wildman–Crippen MR) is 104 cm³/mol. The molecule has 2 fully saturated rings. The predicted octanol–water partition coefficient (Wildman–Crippen LogP) is 2.89. The third-order valence-electron chi connectivity index (χ3n) is 5.52. The summed E-state index contributed by atoms with van der Waals surface area (Å²) in [7, 11) is 0. The largest absolute Gasteiger partial charge is 0.349 e. The van der Waals surface area contributed by atoms with Crippen LogP contribution in [0.1, 0.15) is 31.5 Å². The van der Waals surface area contributed by atoms with Crippen LogP contribution in [0.4, 0.5) is 14.6 Å². The van der Waals surface area contributed by atoms with Crippen LogP contribution in [-0.4, -0.2) is 57.2 Å².